The standard InChI is InChI=1S/C20H21N3O4S/c1-4-14-7-5-6-12(2)19(14)22-17(25)10-27-18(26)11-28-20-15(9-21)13(3)8-16(24)23-20/h5-8H,4,10-11H2,1-3H3,(H,22,25)(H,23,24). The molecule has 0 atom stereocenters. The molecule has 8 heteroatoms. The highest BCUT2D eigenvalue weighted by Crippen LogP contribution is 2.22. The Balaban J connectivity index is 1.91. The highest BCUT2D eigenvalue weighted by atomic mass is 32.2. The fraction of sp³-hybridized carbons (Fsp3) is 0.300. The van der Waals surface area contributed by atoms with E-state index in [0.29, 0.717) is 16.2 Å². The van der Waals surface area contributed by atoms with Gasteiger partial charge in [-0.2, -0.15) is 5.26 Å². The van der Waals surface area contributed by atoms with Crippen LogP contribution < -0.4 is 10.9 Å². The highest BCUT2D eigenvalue weighted by molar-refractivity contribution is 7.99. The molecule has 1 heterocycles. The Kier molecular flexibility index (Phi) is 7.41. The van der Waals surface area contributed by atoms with Crippen molar-refractivity contribution < 1.29 is 14.3 Å². The van der Waals surface area contributed by atoms with E-state index < -0.39 is 18.5 Å². The van der Waals surface area contributed by atoms with Crippen molar-refractivity contribution in [3.63, 3.8) is 0 Å². The summed E-state index contributed by atoms with van der Waals surface area (Å²) in [5, 5.41) is 12.3. The van der Waals surface area contributed by atoms with E-state index in [1.165, 1.54) is 6.07 Å². The molecule has 0 bridgehead atoms. The van der Waals surface area contributed by atoms with Crippen LogP contribution in [0, 0.1) is 25.2 Å². The molecule has 1 aromatic carbocycles. The summed E-state index contributed by atoms with van der Waals surface area (Å²) in [5.74, 6) is -1.18. The van der Waals surface area contributed by atoms with Gasteiger partial charge in [0.05, 0.1) is 16.3 Å². The van der Waals surface area contributed by atoms with E-state index >= 15 is 0 Å². The van der Waals surface area contributed by atoms with Crippen LogP contribution in [0.5, 0.6) is 0 Å². The lowest BCUT2D eigenvalue weighted by molar-refractivity contribution is -0.144. The van der Waals surface area contributed by atoms with Crippen molar-refractivity contribution in [3.8, 4) is 6.07 Å². The molecule has 0 aliphatic heterocycles. The Hall–Kier alpha value is -3.05. The lowest BCUT2D eigenvalue weighted by Gasteiger charge is -2.13. The SMILES string of the molecule is CCc1cccc(C)c1NC(=O)COC(=O)CSc1[nH]c(=O)cc(C)c1C#N. The Morgan fingerprint density at radius 2 is 2.04 bits per heavy atom. The summed E-state index contributed by atoms with van der Waals surface area (Å²) in [4.78, 5) is 38.1. The molecule has 7 nitrogen and oxygen atoms in total. The minimum absolute atomic E-state index is 0.133. The van der Waals surface area contributed by atoms with E-state index in [9.17, 15) is 19.6 Å². The number of para-hydroxylation sites is 1. The largest absolute Gasteiger partial charge is 0.455 e. The lowest BCUT2D eigenvalue weighted by Crippen LogP contribution is -2.22. The number of hydrogen-bond acceptors (Lipinski definition) is 6. The van der Waals surface area contributed by atoms with E-state index in [4.69, 9.17) is 4.74 Å². The topological polar surface area (TPSA) is 112 Å². The molecule has 0 aliphatic carbocycles. The number of H-pyrrole nitrogens is 1. The first-order valence-electron chi connectivity index (χ1n) is 8.66. The van der Waals surface area contributed by atoms with Gasteiger partial charge in [-0.25, -0.2) is 0 Å². The van der Waals surface area contributed by atoms with Crippen molar-refractivity contribution in [2.24, 2.45) is 0 Å². The predicted octanol–water partition coefficient (Wildman–Crippen LogP) is 2.70. The Bertz CT molecular complexity index is 992. The van der Waals surface area contributed by atoms with Gasteiger partial charge in [-0.1, -0.05) is 36.9 Å². The molecule has 0 radical (unpaired) electrons. The molecule has 2 rings (SSSR count). The molecule has 28 heavy (non-hydrogen) atoms. The molecule has 2 aromatic rings. The number of carbonyl (C=O) groups excluding carboxylic acids is 2. The van der Waals surface area contributed by atoms with Crippen LogP contribution in [0.4, 0.5) is 5.69 Å². The second kappa shape index (κ2) is 9.76. The van der Waals surface area contributed by atoms with Gasteiger partial charge in [0.15, 0.2) is 6.61 Å². The third kappa shape index (κ3) is 5.47. The Morgan fingerprint density at radius 1 is 1.29 bits per heavy atom. The van der Waals surface area contributed by atoms with Crippen molar-refractivity contribution >= 4 is 29.3 Å². The van der Waals surface area contributed by atoms with E-state index in [0.717, 1.165) is 35.0 Å². The summed E-state index contributed by atoms with van der Waals surface area (Å²) in [5.41, 5.74) is 3.16. The van der Waals surface area contributed by atoms with Gasteiger partial charge < -0.3 is 15.0 Å². The third-order valence-electron chi connectivity index (χ3n) is 4.02. The number of nitrogens with zero attached hydrogens (tertiary/aromatic N) is 1. The summed E-state index contributed by atoms with van der Waals surface area (Å²) in [7, 11) is 0. The fourth-order valence-electron chi connectivity index (χ4n) is 2.60. The first-order valence-corrected chi connectivity index (χ1v) is 9.65. The van der Waals surface area contributed by atoms with E-state index in [1.807, 2.05) is 38.1 Å². The number of hydrogen-bond donors (Lipinski definition) is 2. The van der Waals surface area contributed by atoms with Crippen LogP contribution in [-0.2, 0) is 20.7 Å². The predicted molar refractivity (Wildman–Crippen MR) is 107 cm³/mol. The van der Waals surface area contributed by atoms with Crippen LogP contribution in [0.1, 0.15) is 29.2 Å². The quantitative estimate of drug-likeness (QED) is 0.547. The van der Waals surface area contributed by atoms with Gasteiger partial charge in [0.2, 0.25) is 5.56 Å². The summed E-state index contributed by atoms with van der Waals surface area (Å²) in [6, 6.07) is 9.07. The zero-order valence-corrected chi connectivity index (χ0v) is 16.7. The average molecular weight is 399 g/mol. The van der Waals surface area contributed by atoms with Crippen LogP contribution in [0.3, 0.4) is 0 Å². The van der Waals surface area contributed by atoms with Crippen molar-refractivity contribution in [2.45, 2.75) is 32.2 Å². The van der Waals surface area contributed by atoms with Crippen LogP contribution in [0.15, 0.2) is 34.1 Å². The summed E-state index contributed by atoms with van der Waals surface area (Å²) in [6.07, 6.45) is 0.768. The molecule has 0 unspecified atom stereocenters. The highest BCUT2D eigenvalue weighted by Gasteiger charge is 2.14. The number of thioether (sulfide) groups is 1. The first kappa shape index (κ1) is 21.3. The molecule has 2 N–H and O–H groups in total. The lowest BCUT2D eigenvalue weighted by atomic mass is 10.1. The van der Waals surface area contributed by atoms with E-state index in [2.05, 4.69) is 10.3 Å². The molecule has 0 saturated heterocycles. The van der Waals surface area contributed by atoms with Crippen LogP contribution in [0.25, 0.3) is 0 Å². The van der Waals surface area contributed by atoms with Crippen molar-refractivity contribution in [1.29, 1.82) is 5.26 Å². The second-order valence-electron chi connectivity index (χ2n) is 6.09. The Morgan fingerprint density at radius 3 is 2.71 bits per heavy atom. The molecule has 0 spiro atoms. The number of aromatic amines is 1. The maximum Gasteiger partial charge on any atom is 0.316 e. The van der Waals surface area contributed by atoms with Crippen molar-refractivity contribution in [2.75, 3.05) is 17.7 Å². The maximum absolute atomic E-state index is 12.1. The molecular formula is C20H21N3O4S. The van der Waals surface area contributed by atoms with Gasteiger partial charge >= 0.3 is 5.97 Å². The number of aromatic nitrogens is 1. The second-order valence-corrected chi connectivity index (χ2v) is 7.08. The van der Waals surface area contributed by atoms with Gasteiger partial charge in [-0.3, -0.25) is 14.4 Å². The first-order chi connectivity index (χ1) is 13.3. The van der Waals surface area contributed by atoms with Gasteiger partial charge in [0.1, 0.15) is 6.07 Å². The number of ether oxygens (including phenoxy) is 1. The smallest absolute Gasteiger partial charge is 0.316 e. The molecule has 146 valence electrons. The number of aryl methyl sites for hydroxylation is 3. The fourth-order valence-corrected chi connectivity index (χ4v) is 3.47. The molecule has 1 amide bonds. The number of nitriles is 1. The van der Waals surface area contributed by atoms with Crippen molar-refractivity contribution in [3.05, 3.63) is 56.9 Å². The van der Waals surface area contributed by atoms with Gasteiger partial charge in [0, 0.05) is 11.8 Å². The summed E-state index contributed by atoms with van der Waals surface area (Å²) in [6.45, 7) is 5.13. The number of benzene rings is 1. The molecule has 0 fully saturated rings. The van der Waals surface area contributed by atoms with Crippen LogP contribution in [-0.4, -0.2) is 29.2 Å². The van der Waals surface area contributed by atoms with Gasteiger partial charge in [-0.15, -0.1) is 0 Å². The summed E-state index contributed by atoms with van der Waals surface area (Å²) < 4.78 is 5.00. The molecular weight excluding hydrogens is 378 g/mol. The average Bonchev–Trinajstić information content (AvgIpc) is 2.66. The van der Waals surface area contributed by atoms with E-state index in [-0.39, 0.29) is 11.3 Å². The van der Waals surface area contributed by atoms with E-state index in [1.54, 1.807) is 6.92 Å². The van der Waals surface area contributed by atoms with Crippen LogP contribution in [0.2, 0.25) is 0 Å². The number of carbonyl (C=O) groups is 2. The van der Waals surface area contributed by atoms with Crippen molar-refractivity contribution in [1.82, 2.24) is 4.98 Å². The number of rotatable bonds is 7. The summed E-state index contributed by atoms with van der Waals surface area (Å²) >= 11 is 0.988. The van der Waals surface area contributed by atoms with Gasteiger partial charge in [-0.05, 0) is 37.0 Å². The normalized spacial score (nSPS) is 10.2. The molecule has 0 aliphatic rings. The maximum atomic E-state index is 12.1. The number of pyridine rings is 1. The number of esters is 1. The molecule has 1 aromatic heterocycles. The monoisotopic (exact) mass is 399 g/mol. The number of nitrogens with one attached hydrogen (secondary N) is 2. The zero-order chi connectivity index (χ0) is 20.7. The van der Waals surface area contributed by atoms with Gasteiger partial charge in [0.25, 0.3) is 5.91 Å². The number of anilines is 1. The Labute approximate surface area is 167 Å². The minimum Gasteiger partial charge on any atom is -0.455 e. The van der Waals surface area contributed by atoms with Crippen LogP contribution >= 0.6 is 11.8 Å². The third-order valence-corrected chi connectivity index (χ3v) is 5.00. The molecule has 0 saturated carbocycles. The zero-order valence-electron chi connectivity index (χ0n) is 15.9. The number of amides is 1. The minimum atomic E-state index is -0.619.